The Morgan fingerprint density at radius 1 is 1.11 bits per heavy atom. The molecular weight excluding hydrogens is 338 g/mol. The Kier molecular flexibility index (Phi) is 4.54. The van der Waals surface area contributed by atoms with Crippen molar-refractivity contribution in [2.45, 2.75) is 13.3 Å². The van der Waals surface area contributed by atoms with Gasteiger partial charge in [-0.2, -0.15) is 0 Å². The summed E-state index contributed by atoms with van der Waals surface area (Å²) in [5.74, 6) is 0.661. The lowest BCUT2D eigenvalue weighted by atomic mass is 10.00. The van der Waals surface area contributed by atoms with Crippen molar-refractivity contribution >= 4 is 11.5 Å². The van der Waals surface area contributed by atoms with Gasteiger partial charge in [0.25, 0.3) is 5.56 Å². The average molecular weight is 359 g/mol. The standard InChI is InChI=1S/C21H21N5O/c1-15-5-3-6-16(11-15)17-7-4-10-26(13-17)21-24-19(12-20(27)25(21)2)18-8-9-22-14-23-18/h3,5-9,11-12,14H,4,10,13H2,1-2H3. The molecule has 6 heteroatoms. The van der Waals surface area contributed by atoms with E-state index >= 15 is 0 Å². The van der Waals surface area contributed by atoms with Gasteiger partial charge in [-0.1, -0.05) is 35.9 Å². The second-order valence-electron chi connectivity index (χ2n) is 6.74. The summed E-state index contributed by atoms with van der Waals surface area (Å²) in [6.45, 7) is 3.64. The van der Waals surface area contributed by atoms with Crippen LogP contribution in [0.3, 0.4) is 0 Å². The predicted octanol–water partition coefficient (Wildman–Crippen LogP) is 2.84. The molecule has 3 aromatic rings. The third-order valence-electron chi connectivity index (χ3n) is 4.78. The molecule has 1 aromatic carbocycles. The molecule has 4 rings (SSSR count). The van der Waals surface area contributed by atoms with Crippen LogP contribution >= 0.6 is 0 Å². The second-order valence-corrected chi connectivity index (χ2v) is 6.74. The monoisotopic (exact) mass is 359 g/mol. The van der Waals surface area contributed by atoms with Crippen LogP contribution in [-0.2, 0) is 7.05 Å². The normalized spacial score (nSPS) is 14.1. The van der Waals surface area contributed by atoms with Crippen LogP contribution < -0.4 is 10.5 Å². The summed E-state index contributed by atoms with van der Waals surface area (Å²) in [6.07, 6.45) is 6.31. The minimum absolute atomic E-state index is 0.0970. The number of aryl methyl sites for hydroxylation is 1. The van der Waals surface area contributed by atoms with Gasteiger partial charge >= 0.3 is 0 Å². The first-order chi connectivity index (χ1) is 13.1. The van der Waals surface area contributed by atoms with Crippen molar-refractivity contribution in [3.8, 4) is 11.4 Å². The molecule has 1 aliphatic rings. The van der Waals surface area contributed by atoms with Crippen molar-refractivity contribution in [3.63, 3.8) is 0 Å². The first kappa shape index (κ1) is 17.1. The molecule has 0 radical (unpaired) electrons. The second kappa shape index (κ2) is 7.15. The Labute approximate surface area is 157 Å². The number of hydrogen-bond donors (Lipinski definition) is 0. The maximum atomic E-state index is 12.5. The Balaban J connectivity index is 1.70. The van der Waals surface area contributed by atoms with E-state index in [1.807, 2.05) is 0 Å². The highest BCUT2D eigenvalue weighted by molar-refractivity contribution is 5.71. The number of benzene rings is 1. The van der Waals surface area contributed by atoms with E-state index in [0.717, 1.165) is 19.5 Å². The molecule has 0 saturated carbocycles. The van der Waals surface area contributed by atoms with Crippen molar-refractivity contribution in [2.24, 2.45) is 7.05 Å². The van der Waals surface area contributed by atoms with E-state index in [1.54, 1.807) is 23.9 Å². The van der Waals surface area contributed by atoms with Gasteiger partial charge in [-0.25, -0.2) is 15.0 Å². The van der Waals surface area contributed by atoms with Gasteiger partial charge in [0, 0.05) is 32.4 Å². The lowest BCUT2D eigenvalue weighted by Gasteiger charge is -2.30. The zero-order valence-electron chi connectivity index (χ0n) is 15.5. The van der Waals surface area contributed by atoms with Crippen molar-refractivity contribution in [1.29, 1.82) is 0 Å². The lowest BCUT2D eigenvalue weighted by Crippen LogP contribution is -2.35. The summed E-state index contributed by atoms with van der Waals surface area (Å²) in [5, 5.41) is 0. The van der Waals surface area contributed by atoms with Gasteiger partial charge in [0.2, 0.25) is 5.95 Å². The maximum absolute atomic E-state index is 12.5. The zero-order chi connectivity index (χ0) is 18.8. The highest BCUT2D eigenvalue weighted by Crippen LogP contribution is 2.25. The Morgan fingerprint density at radius 3 is 2.78 bits per heavy atom. The van der Waals surface area contributed by atoms with E-state index < -0.39 is 0 Å². The third kappa shape index (κ3) is 3.51. The van der Waals surface area contributed by atoms with Crippen LogP contribution in [0.2, 0.25) is 0 Å². The molecule has 0 spiro atoms. The van der Waals surface area contributed by atoms with Gasteiger partial charge in [0.1, 0.15) is 6.33 Å². The van der Waals surface area contributed by atoms with Crippen LogP contribution in [0.4, 0.5) is 5.95 Å². The van der Waals surface area contributed by atoms with Gasteiger partial charge < -0.3 is 4.90 Å². The third-order valence-corrected chi connectivity index (χ3v) is 4.78. The van der Waals surface area contributed by atoms with Gasteiger partial charge in [0.05, 0.1) is 11.4 Å². The Hall–Kier alpha value is -3.28. The van der Waals surface area contributed by atoms with Gasteiger partial charge in [-0.15, -0.1) is 0 Å². The summed E-state index contributed by atoms with van der Waals surface area (Å²) in [4.78, 5) is 27.6. The average Bonchev–Trinajstić information content (AvgIpc) is 2.71. The van der Waals surface area contributed by atoms with Crippen LogP contribution in [0.15, 0.2) is 59.8 Å². The molecule has 0 unspecified atom stereocenters. The molecule has 0 fully saturated rings. The number of rotatable bonds is 3. The fraction of sp³-hybridized carbons (Fsp3) is 0.238. The molecule has 0 saturated heterocycles. The van der Waals surface area contributed by atoms with Crippen molar-refractivity contribution < 1.29 is 0 Å². The van der Waals surface area contributed by atoms with E-state index in [2.05, 4.69) is 52.1 Å². The molecule has 3 heterocycles. The van der Waals surface area contributed by atoms with Crippen LogP contribution in [-0.4, -0.2) is 32.6 Å². The SMILES string of the molecule is Cc1cccc(C2=CCCN(c3nc(-c4ccncn4)cc(=O)n3C)C2)c1. The van der Waals surface area contributed by atoms with E-state index in [0.29, 0.717) is 17.3 Å². The first-order valence-electron chi connectivity index (χ1n) is 8.97. The van der Waals surface area contributed by atoms with Gasteiger partial charge in [-0.3, -0.25) is 9.36 Å². The minimum atomic E-state index is -0.0970. The Bertz CT molecular complexity index is 1060. The van der Waals surface area contributed by atoms with E-state index in [4.69, 9.17) is 4.98 Å². The van der Waals surface area contributed by atoms with E-state index in [-0.39, 0.29) is 5.56 Å². The highest BCUT2D eigenvalue weighted by Gasteiger charge is 2.19. The predicted molar refractivity (Wildman–Crippen MR) is 106 cm³/mol. The van der Waals surface area contributed by atoms with Gasteiger partial charge in [0.15, 0.2) is 0 Å². The quantitative estimate of drug-likeness (QED) is 0.719. The van der Waals surface area contributed by atoms with Crippen LogP contribution in [0, 0.1) is 6.92 Å². The molecule has 0 bridgehead atoms. The van der Waals surface area contributed by atoms with E-state index in [1.165, 1.54) is 29.1 Å². The largest absolute Gasteiger partial charge is 0.338 e. The Morgan fingerprint density at radius 2 is 2.00 bits per heavy atom. The fourth-order valence-electron chi connectivity index (χ4n) is 3.35. The van der Waals surface area contributed by atoms with Crippen LogP contribution in [0.1, 0.15) is 17.5 Å². The smallest absolute Gasteiger partial charge is 0.255 e. The molecule has 0 aliphatic carbocycles. The summed E-state index contributed by atoms with van der Waals surface area (Å²) in [7, 11) is 1.76. The molecular formula is C21H21N5O. The number of anilines is 1. The fourth-order valence-corrected chi connectivity index (χ4v) is 3.35. The summed E-state index contributed by atoms with van der Waals surface area (Å²) in [6, 6.07) is 11.8. The zero-order valence-corrected chi connectivity index (χ0v) is 15.5. The summed E-state index contributed by atoms with van der Waals surface area (Å²) >= 11 is 0. The molecule has 1 aliphatic heterocycles. The summed E-state index contributed by atoms with van der Waals surface area (Å²) < 4.78 is 1.60. The van der Waals surface area contributed by atoms with Crippen LogP contribution in [0.5, 0.6) is 0 Å². The van der Waals surface area contributed by atoms with Crippen molar-refractivity contribution in [1.82, 2.24) is 19.5 Å². The van der Waals surface area contributed by atoms with Crippen molar-refractivity contribution in [3.05, 3.63) is 76.5 Å². The minimum Gasteiger partial charge on any atom is -0.338 e. The molecule has 0 amide bonds. The van der Waals surface area contributed by atoms with E-state index in [9.17, 15) is 4.79 Å². The number of nitrogens with zero attached hydrogens (tertiary/aromatic N) is 5. The molecule has 0 atom stereocenters. The van der Waals surface area contributed by atoms with Crippen LogP contribution in [0.25, 0.3) is 17.0 Å². The molecule has 6 nitrogen and oxygen atoms in total. The molecule has 0 N–H and O–H groups in total. The molecule has 136 valence electrons. The lowest BCUT2D eigenvalue weighted by molar-refractivity contribution is 0.726. The molecule has 2 aromatic heterocycles. The number of aromatic nitrogens is 4. The first-order valence-corrected chi connectivity index (χ1v) is 8.97. The number of hydrogen-bond acceptors (Lipinski definition) is 5. The van der Waals surface area contributed by atoms with Gasteiger partial charge in [-0.05, 0) is 30.5 Å². The molecule has 27 heavy (non-hydrogen) atoms. The topological polar surface area (TPSA) is 63.9 Å². The summed E-state index contributed by atoms with van der Waals surface area (Å²) in [5.41, 5.74) is 4.84. The van der Waals surface area contributed by atoms with Crippen molar-refractivity contribution in [2.75, 3.05) is 18.0 Å². The highest BCUT2D eigenvalue weighted by atomic mass is 16.1. The maximum Gasteiger partial charge on any atom is 0.255 e.